The molecule has 1 aromatic rings. The Hall–Kier alpha value is -1.62. The summed E-state index contributed by atoms with van der Waals surface area (Å²) in [5.74, 6) is -0.719. The number of ether oxygens (including phenoxy) is 2. The molecule has 0 aliphatic rings. The molecule has 0 N–H and O–H groups in total. The second-order valence-electron chi connectivity index (χ2n) is 4.25. The topological polar surface area (TPSA) is 52.6 Å². The second kappa shape index (κ2) is 9.34. The van der Waals surface area contributed by atoms with Crippen LogP contribution in [-0.2, 0) is 19.1 Å². The van der Waals surface area contributed by atoms with Gasteiger partial charge in [0.2, 0.25) is 0 Å². The van der Waals surface area contributed by atoms with Gasteiger partial charge in [0.05, 0.1) is 13.2 Å². The zero-order valence-corrected chi connectivity index (χ0v) is 13.8. The van der Waals surface area contributed by atoms with Gasteiger partial charge in [-0.2, -0.15) is 0 Å². The van der Waals surface area contributed by atoms with Crippen molar-refractivity contribution in [2.75, 3.05) is 13.2 Å². The zero-order chi connectivity index (χ0) is 15.7. The maximum absolute atomic E-state index is 11.9. The van der Waals surface area contributed by atoms with Crippen LogP contribution in [0, 0.1) is 0 Å². The molecule has 0 bridgehead atoms. The van der Waals surface area contributed by atoms with Gasteiger partial charge in [0, 0.05) is 16.5 Å². The molecule has 21 heavy (non-hydrogen) atoms. The number of halogens is 1. The number of hydrogen-bond acceptors (Lipinski definition) is 4. The fourth-order valence-corrected chi connectivity index (χ4v) is 2.14. The van der Waals surface area contributed by atoms with E-state index in [1.165, 1.54) is 0 Å². The summed E-state index contributed by atoms with van der Waals surface area (Å²) >= 11 is 3.38. The van der Waals surface area contributed by atoms with Gasteiger partial charge in [-0.25, -0.2) is 4.79 Å². The minimum atomic E-state index is -0.401. The van der Waals surface area contributed by atoms with E-state index >= 15 is 0 Å². The van der Waals surface area contributed by atoms with Crippen LogP contribution in [0.25, 0.3) is 6.08 Å². The minimum absolute atomic E-state index is 0.159. The number of carbonyl (C=O) groups is 2. The molecular formula is C16H19BrO4. The molecule has 1 aromatic carbocycles. The van der Waals surface area contributed by atoms with Gasteiger partial charge in [-0.15, -0.1) is 0 Å². The Morgan fingerprint density at radius 3 is 2.48 bits per heavy atom. The van der Waals surface area contributed by atoms with Crippen LogP contribution in [-0.4, -0.2) is 25.2 Å². The Morgan fingerprint density at radius 1 is 1.14 bits per heavy atom. The first-order valence-corrected chi connectivity index (χ1v) is 7.65. The van der Waals surface area contributed by atoms with Crippen LogP contribution in [0.1, 0.15) is 32.3 Å². The lowest BCUT2D eigenvalue weighted by molar-refractivity contribution is -0.143. The van der Waals surface area contributed by atoms with Crippen molar-refractivity contribution >= 4 is 33.9 Å². The fourth-order valence-electron chi connectivity index (χ4n) is 1.72. The van der Waals surface area contributed by atoms with Crippen LogP contribution >= 0.6 is 15.9 Å². The third kappa shape index (κ3) is 6.58. The SMILES string of the molecule is CCOC(=O)CC/C(=C\c1cccc(Br)c1)C(=O)OCC. The number of esters is 2. The van der Waals surface area contributed by atoms with E-state index in [1.807, 2.05) is 24.3 Å². The van der Waals surface area contributed by atoms with Gasteiger partial charge in [-0.3, -0.25) is 4.79 Å². The summed E-state index contributed by atoms with van der Waals surface area (Å²) in [6, 6.07) is 7.56. The lowest BCUT2D eigenvalue weighted by atomic mass is 10.1. The molecule has 114 valence electrons. The summed E-state index contributed by atoms with van der Waals surface area (Å²) in [6.45, 7) is 4.14. The van der Waals surface area contributed by atoms with Crippen molar-refractivity contribution < 1.29 is 19.1 Å². The van der Waals surface area contributed by atoms with Gasteiger partial charge in [0.1, 0.15) is 0 Å². The van der Waals surface area contributed by atoms with Gasteiger partial charge in [-0.1, -0.05) is 28.1 Å². The first-order chi connectivity index (χ1) is 10.1. The van der Waals surface area contributed by atoms with Crippen LogP contribution in [0.4, 0.5) is 0 Å². The summed E-state index contributed by atoms with van der Waals surface area (Å²) in [6.07, 6.45) is 2.19. The van der Waals surface area contributed by atoms with Crippen LogP contribution in [0.5, 0.6) is 0 Å². The van der Waals surface area contributed by atoms with Crippen molar-refractivity contribution in [3.8, 4) is 0 Å². The lowest BCUT2D eigenvalue weighted by Gasteiger charge is -2.07. The molecule has 0 unspecified atom stereocenters. The van der Waals surface area contributed by atoms with Crippen molar-refractivity contribution in [3.63, 3.8) is 0 Å². The average molecular weight is 355 g/mol. The molecule has 5 heteroatoms. The van der Waals surface area contributed by atoms with E-state index in [-0.39, 0.29) is 12.4 Å². The molecule has 0 amide bonds. The largest absolute Gasteiger partial charge is 0.466 e. The normalized spacial score (nSPS) is 11.1. The molecular weight excluding hydrogens is 336 g/mol. The Labute approximate surface area is 133 Å². The van der Waals surface area contributed by atoms with Crippen molar-refractivity contribution in [3.05, 3.63) is 39.9 Å². The van der Waals surface area contributed by atoms with Crippen LogP contribution in [0.2, 0.25) is 0 Å². The Morgan fingerprint density at radius 2 is 1.86 bits per heavy atom. The van der Waals surface area contributed by atoms with Crippen LogP contribution < -0.4 is 0 Å². The number of hydrogen-bond donors (Lipinski definition) is 0. The molecule has 0 spiro atoms. The average Bonchev–Trinajstić information content (AvgIpc) is 2.44. The summed E-state index contributed by atoms with van der Waals surface area (Å²) < 4.78 is 10.8. The summed E-state index contributed by atoms with van der Waals surface area (Å²) in [4.78, 5) is 23.4. The van der Waals surface area contributed by atoms with E-state index in [0.29, 0.717) is 25.2 Å². The highest BCUT2D eigenvalue weighted by molar-refractivity contribution is 9.10. The quantitative estimate of drug-likeness (QED) is 0.552. The van der Waals surface area contributed by atoms with Gasteiger partial charge >= 0.3 is 11.9 Å². The molecule has 0 aliphatic heterocycles. The number of rotatable bonds is 7. The highest BCUT2D eigenvalue weighted by Gasteiger charge is 2.13. The first kappa shape index (κ1) is 17.4. The molecule has 0 fully saturated rings. The summed E-state index contributed by atoms with van der Waals surface area (Å²) in [5.41, 5.74) is 1.33. The van der Waals surface area contributed by atoms with Crippen LogP contribution in [0.15, 0.2) is 34.3 Å². The third-order valence-corrected chi connectivity index (χ3v) is 3.12. The van der Waals surface area contributed by atoms with Gasteiger partial charge in [0.15, 0.2) is 0 Å². The zero-order valence-electron chi connectivity index (χ0n) is 12.2. The molecule has 0 heterocycles. The monoisotopic (exact) mass is 354 g/mol. The maximum Gasteiger partial charge on any atom is 0.334 e. The van der Waals surface area contributed by atoms with E-state index in [0.717, 1.165) is 10.0 Å². The Balaban J connectivity index is 2.86. The van der Waals surface area contributed by atoms with Crippen molar-refractivity contribution in [1.29, 1.82) is 0 Å². The van der Waals surface area contributed by atoms with E-state index in [2.05, 4.69) is 15.9 Å². The predicted molar refractivity (Wildman–Crippen MR) is 84.6 cm³/mol. The lowest BCUT2D eigenvalue weighted by Crippen LogP contribution is -2.11. The van der Waals surface area contributed by atoms with Crippen molar-refractivity contribution in [2.45, 2.75) is 26.7 Å². The summed E-state index contributed by atoms with van der Waals surface area (Å²) in [7, 11) is 0. The number of carbonyl (C=O) groups excluding carboxylic acids is 2. The Kier molecular flexibility index (Phi) is 7.75. The highest BCUT2D eigenvalue weighted by Crippen LogP contribution is 2.17. The highest BCUT2D eigenvalue weighted by atomic mass is 79.9. The molecule has 0 radical (unpaired) electrons. The molecule has 4 nitrogen and oxygen atoms in total. The van der Waals surface area contributed by atoms with Crippen LogP contribution in [0.3, 0.4) is 0 Å². The van der Waals surface area contributed by atoms with E-state index in [1.54, 1.807) is 19.9 Å². The predicted octanol–water partition coefficient (Wildman–Crippen LogP) is 3.74. The van der Waals surface area contributed by atoms with Gasteiger partial charge < -0.3 is 9.47 Å². The molecule has 1 rings (SSSR count). The molecule has 0 atom stereocenters. The smallest absolute Gasteiger partial charge is 0.334 e. The summed E-state index contributed by atoms with van der Waals surface area (Å²) in [5, 5.41) is 0. The third-order valence-electron chi connectivity index (χ3n) is 2.63. The van der Waals surface area contributed by atoms with E-state index < -0.39 is 5.97 Å². The van der Waals surface area contributed by atoms with Gasteiger partial charge in [0.25, 0.3) is 0 Å². The van der Waals surface area contributed by atoms with E-state index in [9.17, 15) is 9.59 Å². The maximum atomic E-state index is 11.9. The fraction of sp³-hybridized carbons (Fsp3) is 0.375. The van der Waals surface area contributed by atoms with E-state index in [4.69, 9.17) is 9.47 Å². The van der Waals surface area contributed by atoms with Crippen molar-refractivity contribution in [1.82, 2.24) is 0 Å². The first-order valence-electron chi connectivity index (χ1n) is 6.85. The van der Waals surface area contributed by atoms with Gasteiger partial charge in [-0.05, 0) is 44.0 Å². The molecule has 0 aromatic heterocycles. The van der Waals surface area contributed by atoms with Crippen molar-refractivity contribution in [2.24, 2.45) is 0 Å². The molecule has 0 aliphatic carbocycles. The second-order valence-corrected chi connectivity index (χ2v) is 5.17. The number of benzene rings is 1. The molecule has 0 saturated carbocycles. The molecule has 0 saturated heterocycles. The standard InChI is InChI=1S/C16H19BrO4/c1-3-20-15(18)9-8-13(16(19)21-4-2)10-12-6-5-7-14(17)11-12/h5-7,10-11H,3-4,8-9H2,1-2H3/b13-10+. The minimum Gasteiger partial charge on any atom is -0.466 e. The Bertz CT molecular complexity index is 523.